The van der Waals surface area contributed by atoms with Crippen molar-refractivity contribution in [3.8, 4) is 5.88 Å². The van der Waals surface area contributed by atoms with Crippen molar-refractivity contribution in [2.24, 2.45) is 11.8 Å². The number of hydrogen-bond donors (Lipinski definition) is 3. The largest absolute Gasteiger partial charge is 0.477 e. The summed E-state index contributed by atoms with van der Waals surface area (Å²) in [6.45, 7) is 7.01. The molecular weight excluding hydrogens is 434 g/mol. The highest BCUT2D eigenvalue weighted by Gasteiger charge is 2.39. The number of carbonyl (C=O) groups is 2. The molecule has 1 atom stereocenters. The van der Waals surface area contributed by atoms with Crippen LogP contribution in [0.15, 0.2) is 10.9 Å². The van der Waals surface area contributed by atoms with Crippen LogP contribution >= 0.6 is 0 Å². The number of H-pyrrole nitrogens is 1. The smallest absolute Gasteiger partial charge is 0.378 e. The maximum absolute atomic E-state index is 13.3. The Kier molecular flexibility index (Phi) is 5.73. The second-order valence-electron chi connectivity index (χ2n) is 10.5. The molecule has 5 rings (SSSR count). The van der Waals surface area contributed by atoms with Gasteiger partial charge in [0.15, 0.2) is 0 Å². The molecule has 1 saturated heterocycles. The number of nitrogens with one attached hydrogen (secondary N) is 2. The number of fused-ring (bicyclic) bond motifs is 1. The molecule has 1 aliphatic heterocycles. The van der Waals surface area contributed by atoms with Crippen molar-refractivity contribution in [2.45, 2.75) is 77.9 Å². The molecule has 9 heteroatoms. The SMILES string of the molecule is Cc1[nH]n2c(=O)c(C(=O)NC3CC3)c(O)[n+](CC(C)C)c2c1/C=C/C(=O)N1CCCC1C1CC1. The van der Waals surface area contributed by atoms with Crippen LogP contribution in [0.4, 0.5) is 0 Å². The number of aromatic hydroxyl groups is 1. The normalized spacial score (nSPS) is 20.7. The molecule has 182 valence electrons. The van der Waals surface area contributed by atoms with E-state index in [4.69, 9.17) is 0 Å². The Bertz CT molecular complexity index is 1230. The number of likely N-dealkylation sites (tertiary alicyclic amines) is 1. The lowest BCUT2D eigenvalue weighted by Crippen LogP contribution is -2.46. The van der Waals surface area contributed by atoms with Crippen LogP contribution in [-0.2, 0) is 11.3 Å². The van der Waals surface area contributed by atoms with E-state index >= 15 is 0 Å². The molecule has 3 N–H and O–H groups in total. The minimum atomic E-state index is -0.604. The molecule has 2 aromatic heterocycles. The molecule has 2 amide bonds. The molecule has 0 spiro atoms. The van der Waals surface area contributed by atoms with Crippen molar-refractivity contribution in [2.75, 3.05) is 6.54 Å². The van der Waals surface area contributed by atoms with Gasteiger partial charge >= 0.3 is 17.1 Å². The lowest BCUT2D eigenvalue weighted by atomic mass is 10.1. The Morgan fingerprint density at radius 2 is 1.97 bits per heavy atom. The summed E-state index contributed by atoms with van der Waals surface area (Å²) >= 11 is 0. The van der Waals surface area contributed by atoms with E-state index in [0.717, 1.165) is 32.2 Å². The first kappa shape index (κ1) is 22.7. The quantitative estimate of drug-likeness (QED) is 0.426. The second-order valence-corrected chi connectivity index (χ2v) is 10.5. The third-order valence-electron chi connectivity index (χ3n) is 7.12. The number of aryl methyl sites for hydroxylation is 1. The summed E-state index contributed by atoms with van der Waals surface area (Å²) in [5.74, 6) is -0.134. The fourth-order valence-corrected chi connectivity index (χ4v) is 5.13. The maximum atomic E-state index is 13.3. The predicted octanol–water partition coefficient (Wildman–Crippen LogP) is 1.89. The molecule has 0 aromatic carbocycles. The van der Waals surface area contributed by atoms with Crippen molar-refractivity contribution in [1.29, 1.82) is 0 Å². The number of amides is 2. The Balaban J connectivity index is 1.56. The molecule has 0 bridgehead atoms. The number of nitrogens with zero attached hydrogens (tertiary/aromatic N) is 3. The maximum Gasteiger partial charge on any atom is 0.378 e. The molecule has 3 fully saturated rings. The van der Waals surface area contributed by atoms with Crippen LogP contribution in [0.25, 0.3) is 11.7 Å². The first-order chi connectivity index (χ1) is 16.3. The molecule has 2 saturated carbocycles. The Morgan fingerprint density at radius 1 is 1.24 bits per heavy atom. The van der Waals surface area contributed by atoms with Gasteiger partial charge in [0, 0.05) is 24.7 Å². The Labute approximate surface area is 198 Å². The van der Waals surface area contributed by atoms with E-state index in [0.29, 0.717) is 35.4 Å². The fourth-order valence-electron chi connectivity index (χ4n) is 5.13. The van der Waals surface area contributed by atoms with Gasteiger partial charge in [0.25, 0.3) is 5.91 Å². The minimum Gasteiger partial charge on any atom is -0.477 e. The zero-order valence-electron chi connectivity index (χ0n) is 20.1. The van der Waals surface area contributed by atoms with Gasteiger partial charge in [0.2, 0.25) is 11.5 Å². The monoisotopic (exact) mass is 468 g/mol. The van der Waals surface area contributed by atoms with Gasteiger partial charge in [0.05, 0.1) is 17.8 Å². The first-order valence-corrected chi connectivity index (χ1v) is 12.5. The summed E-state index contributed by atoms with van der Waals surface area (Å²) in [7, 11) is 0. The van der Waals surface area contributed by atoms with Gasteiger partial charge < -0.3 is 15.3 Å². The Hall–Kier alpha value is -3.10. The van der Waals surface area contributed by atoms with E-state index in [1.165, 1.54) is 17.4 Å². The van der Waals surface area contributed by atoms with Gasteiger partial charge in [0.1, 0.15) is 0 Å². The van der Waals surface area contributed by atoms with Crippen molar-refractivity contribution in [1.82, 2.24) is 19.8 Å². The first-order valence-electron chi connectivity index (χ1n) is 12.5. The minimum absolute atomic E-state index is 0.0180. The van der Waals surface area contributed by atoms with E-state index in [1.54, 1.807) is 16.7 Å². The van der Waals surface area contributed by atoms with Crippen LogP contribution in [0, 0.1) is 18.8 Å². The molecule has 2 aliphatic carbocycles. The molecule has 2 aromatic rings. The summed E-state index contributed by atoms with van der Waals surface area (Å²) in [6.07, 6.45) is 9.57. The average Bonchev–Trinajstić information content (AvgIpc) is 3.71. The summed E-state index contributed by atoms with van der Waals surface area (Å²) in [5, 5.41) is 16.9. The number of aromatic amines is 1. The van der Waals surface area contributed by atoms with Crippen molar-refractivity contribution < 1.29 is 19.3 Å². The Morgan fingerprint density at radius 3 is 2.62 bits per heavy atom. The molecule has 34 heavy (non-hydrogen) atoms. The van der Waals surface area contributed by atoms with Crippen LogP contribution in [0.1, 0.15) is 74.0 Å². The number of hydrogen-bond acceptors (Lipinski definition) is 4. The summed E-state index contributed by atoms with van der Waals surface area (Å²) in [6, 6.07) is 0.400. The van der Waals surface area contributed by atoms with Crippen LogP contribution in [-0.4, -0.2) is 50.1 Å². The highest BCUT2D eigenvalue weighted by molar-refractivity contribution is 5.96. The van der Waals surface area contributed by atoms with E-state index in [1.807, 2.05) is 25.7 Å². The van der Waals surface area contributed by atoms with Gasteiger partial charge in [-0.3, -0.25) is 9.59 Å². The molecule has 1 unspecified atom stereocenters. The zero-order valence-corrected chi connectivity index (χ0v) is 20.1. The van der Waals surface area contributed by atoms with Gasteiger partial charge in [-0.2, -0.15) is 4.57 Å². The second kappa shape index (κ2) is 8.60. The van der Waals surface area contributed by atoms with E-state index < -0.39 is 11.5 Å². The van der Waals surface area contributed by atoms with Crippen molar-refractivity contribution >= 4 is 23.5 Å². The van der Waals surface area contributed by atoms with Gasteiger partial charge in [-0.15, -0.1) is 0 Å². The van der Waals surface area contributed by atoms with Crippen LogP contribution in [0.2, 0.25) is 0 Å². The lowest BCUT2D eigenvalue weighted by molar-refractivity contribution is -0.686. The van der Waals surface area contributed by atoms with Crippen molar-refractivity contribution in [3.63, 3.8) is 0 Å². The number of aromatic nitrogens is 3. The van der Waals surface area contributed by atoms with Gasteiger partial charge in [-0.1, -0.05) is 18.4 Å². The predicted molar refractivity (Wildman–Crippen MR) is 126 cm³/mol. The summed E-state index contributed by atoms with van der Waals surface area (Å²) in [4.78, 5) is 41.1. The lowest BCUT2D eigenvalue weighted by Gasteiger charge is -2.23. The number of carbonyl (C=O) groups excluding carboxylic acids is 2. The van der Waals surface area contributed by atoms with Crippen LogP contribution in [0.5, 0.6) is 5.88 Å². The molecule has 0 radical (unpaired) electrons. The van der Waals surface area contributed by atoms with E-state index in [9.17, 15) is 19.5 Å². The van der Waals surface area contributed by atoms with Crippen molar-refractivity contribution in [3.05, 3.63) is 33.3 Å². The molecule has 9 nitrogen and oxygen atoms in total. The number of rotatable bonds is 7. The zero-order chi connectivity index (χ0) is 24.1. The van der Waals surface area contributed by atoms with E-state index in [-0.39, 0.29) is 29.3 Å². The summed E-state index contributed by atoms with van der Waals surface area (Å²) in [5.41, 5.74) is 0.909. The fraction of sp³-hybridized carbons (Fsp3) is 0.600. The average molecular weight is 469 g/mol. The van der Waals surface area contributed by atoms with Gasteiger partial charge in [-0.05, 0) is 63.4 Å². The third kappa shape index (κ3) is 4.12. The molecule has 3 heterocycles. The highest BCUT2D eigenvalue weighted by atomic mass is 16.3. The summed E-state index contributed by atoms with van der Waals surface area (Å²) < 4.78 is 2.91. The van der Waals surface area contributed by atoms with Gasteiger partial charge in [-0.25, -0.2) is 9.89 Å². The third-order valence-corrected chi connectivity index (χ3v) is 7.12. The van der Waals surface area contributed by atoms with Crippen LogP contribution < -0.4 is 15.4 Å². The highest BCUT2D eigenvalue weighted by Crippen LogP contribution is 2.40. The standard InChI is InChI=1S/C25H33N5O4/c1-14(2)13-29-23-18(10-11-20(31)28-12-4-5-19(28)16-6-7-16)15(3)27-30(23)25(34)21(24(29)33)22(32)26-17-8-9-17/h10-11,14,16-17,19H,4-9,12-13H2,1-3H3,(H2,26,32,33,34)/p+1/b11-10+. The van der Waals surface area contributed by atoms with E-state index in [2.05, 4.69) is 10.4 Å². The van der Waals surface area contributed by atoms with Crippen LogP contribution in [0.3, 0.4) is 0 Å². The topological polar surface area (TPSA) is 111 Å². The molecular formula is C25H34N5O4+. The molecule has 3 aliphatic rings.